The van der Waals surface area contributed by atoms with Gasteiger partial charge in [-0.15, -0.1) is 0 Å². The lowest BCUT2D eigenvalue weighted by Crippen LogP contribution is -2.26. The van der Waals surface area contributed by atoms with Crippen LogP contribution < -0.4 is 5.73 Å². The van der Waals surface area contributed by atoms with Gasteiger partial charge in [0, 0.05) is 36.3 Å². The highest BCUT2D eigenvalue weighted by atomic mass is 16.6. The summed E-state index contributed by atoms with van der Waals surface area (Å²) in [5, 5.41) is 10.8. The molecule has 2 aromatic rings. The van der Waals surface area contributed by atoms with Gasteiger partial charge in [-0.3, -0.25) is 19.7 Å². The minimum atomic E-state index is -0.507. The quantitative estimate of drug-likeness (QED) is 0.671. The molecule has 0 atom stereocenters. The van der Waals surface area contributed by atoms with Crippen LogP contribution in [0.15, 0.2) is 42.5 Å². The Labute approximate surface area is 138 Å². The molecule has 2 amide bonds. The minimum Gasteiger partial charge on any atom is -0.366 e. The van der Waals surface area contributed by atoms with Crippen LogP contribution in [0.25, 0.3) is 0 Å². The first-order valence-corrected chi connectivity index (χ1v) is 7.19. The van der Waals surface area contributed by atoms with Crippen molar-refractivity contribution < 1.29 is 14.5 Å². The summed E-state index contributed by atoms with van der Waals surface area (Å²) < 4.78 is 0. The van der Waals surface area contributed by atoms with Crippen LogP contribution in [0, 0.1) is 17.0 Å². The molecule has 0 saturated carbocycles. The summed E-state index contributed by atoms with van der Waals surface area (Å²) in [6.07, 6.45) is 0. The molecule has 0 aliphatic carbocycles. The van der Waals surface area contributed by atoms with Crippen molar-refractivity contribution >= 4 is 17.5 Å². The first kappa shape index (κ1) is 17.1. The topological polar surface area (TPSA) is 107 Å². The van der Waals surface area contributed by atoms with Crippen LogP contribution in [0.1, 0.15) is 31.8 Å². The molecule has 0 bridgehead atoms. The summed E-state index contributed by atoms with van der Waals surface area (Å²) in [6, 6.07) is 10.9. The van der Waals surface area contributed by atoms with E-state index in [0.717, 1.165) is 5.56 Å². The number of hydrogen-bond acceptors (Lipinski definition) is 4. The second-order valence-corrected chi connectivity index (χ2v) is 5.48. The zero-order valence-electron chi connectivity index (χ0n) is 13.4. The molecule has 0 aromatic heterocycles. The van der Waals surface area contributed by atoms with E-state index in [4.69, 9.17) is 5.73 Å². The number of carbonyl (C=O) groups excluding carboxylic acids is 2. The number of nitrogens with zero attached hydrogens (tertiary/aromatic N) is 2. The number of hydrogen-bond donors (Lipinski definition) is 1. The third-order valence-corrected chi connectivity index (χ3v) is 3.65. The second-order valence-electron chi connectivity index (χ2n) is 5.48. The Kier molecular flexibility index (Phi) is 4.93. The zero-order chi connectivity index (χ0) is 17.9. The summed E-state index contributed by atoms with van der Waals surface area (Å²) in [7, 11) is 1.64. The molecular weight excluding hydrogens is 310 g/mol. The maximum absolute atomic E-state index is 12.4. The number of nitrogens with two attached hydrogens (primary N) is 1. The Morgan fingerprint density at radius 3 is 2.21 bits per heavy atom. The van der Waals surface area contributed by atoms with Crippen molar-refractivity contribution in [1.82, 2.24) is 4.90 Å². The number of rotatable bonds is 5. The second kappa shape index (κ2) is 6.91. The molecule has 2 aromatic carbocycles. The molecule has 2 N–H and O–H groups in total. The Morgan fingerprint density at radius 1 is 1.12 bits per heavy atom. The highest BCUT2D eigenvalue weighted by molar-refractivity contribution is 5.94. The summed E-state index contributed by atoms with van der Waals surface area (Å²) >= 11 is 0. The van der Waals surface area contributed by atoms with Gasteiger partial charge in [0.05, 0.1) is 4.92 Å². The summed E-state index contributed by atoms with van der Waals surface area (Å²) in [6.45, 7) is 1.94. The zero-order valence-corrected chi connectivity index (χ0v) is 13.4. The lowest BCUT2D eigenvalue weighted by molar-refractivity contribution is -0.385. The van der Waals surface area contributed by atoms with Crippen molar-refractivity contribution in [1.29, 1.82) is 0 Å². The van der Waals surface area contributed by atoms with Crippen LogP contribution in [0.4, 0.5) is 5.69 Å². The monoisotopic (exact) mass is 327 g/mol. The number of amides is 2. The van der Waals surface area contributed by atoms with E-state index in [-0.39, 0.29) is 11.6 Å². The molecule has 7 heteroatoms. The number of aryl methyl sites for hydroxylation is 1. The summed E-state index contributed by atoms with van der Waals surface area (Å²) in [4.78, 5) is 35.3. The molecule has 24 heavy (non-hydrogen) atoms. The van der Waals surface area contributed by atoms with E-state index < -0.39 is 10.8 Å². The lowest BCUT2D eigenvalue weighted by atomic mass is 10.1. The minimum absolute atomic E-state index is 0.0174. The molecule has 0 heterocycles. The van der Waals surface area contributed by atoms with Crippen LogP contribution in [0.5, 0.6) is 0 Å². The van der Waals surface area contributed by atoms with Gasteiger partial charge in [0.25, 0.3) is 11.6 Å². The standard InChI is InChI=1S/C17H17N3O4/c1-11-9-14(7-8-15(11)20(23)24)17(22)19(2)10-12-3-5-13(6-4-12)16(18)21/h3-9H,10H2,1-2H3,(H2,18,21). The van der Waals surface area contributed by atoms with Gasteiger partial charge in [-0.2, -0.15) is 0 Å². The van der Waals surface area contributed by atoms with Crippen LogP contribution >= 0.6 is 0 Å². The Morgan fingerprint density at radius 2 is 1.71 bits per heavy atom. The van der Waals surface area contributed by atoms with E-state index in [9.17, 15) is 19.7 Å². The number of nitro groups is 1. The average Bonchev–Trinajstić information content (AvgIpc) is 2.54. The molecule has 0 aliphatic heterocycles. The number of carbonyl (C=O) groups is 2. The largest absolute Gasteiger partial charge is 0.366 e. The van der Waals surface area contributed by atoms with E-state index in [2.05, 4.69) is 0 Å². The first-order chi connectivity index (χ1) is 11.3. The van der Waals surface area contributed by atoms with Gasteiger partial charge in [0.1, 0.15) is 0 Å². The first-order valence-electron chi connectivity index (χ1n) is 7.19. The molecule has 0 aliphatic rings. The van der Waals surface area contributed by atoms with Crippen molar-refractivity contribution in [3.05, 3.63) is 74.8 Å². The molecule has 0 spiro atoms. The fourth-order valence-electron chi connectivity index (χ4n) is 2.33. The van der Waals surface area contributed by atoms with E-state index in [1.54, 1.807) is 38.2 Å². The van der Waals surface area contributed by atoms with Crippen LogP contribution in [0.2, 0.25) is 0 Å². The molecule has 2 rings (SSSR count). The van der Waals surface area contributed by atoms with E-state index in [1.807, 2.05) is 0 Å². The lowest BCUT2D eigenvalue weighted by Gasteiger charge is -2.17. The van der Waals surface area contributed by atoms with E-state index >= 15 is 0 Å². The summed E-state index contributed by atoms with van der Waals surface area (Å²) in [5.74, 6) is -0.751. The van der Waals surface area contributed by atoms with Crippen molar-refractivity contribution in [2.75, 3.05) is 7.05 Å². The van der Waals surface area contributed by atoms with Gasteiger partial charge in [-0.1, -0.05) is 12.1 Å². The number of benzene rings is 2. The molecule has 124 valence electrons. The van der Waals surface area contributed by atoms with Gasteiger partial charge in [0.15, 0.2) is 0 Å². The smallest absolute Gasteiger partial charge is 0.272 e. The molecule has 7 nitrogen and oxygen atoms in total. The van der Waals surface area contributed by atoms with Crippen molar-refractivity contribution in [2.45, 2.75) is 13.5 Å². The molecule has 0 fully saturated rings. The van der Waals surface area contributed by atoms with Crippen LogP contribution in [0.3, 0.4) is 0 Å². The van der Waals surface area contributed by atoms with Crippen molar-refractivity contribution in [2.24, 2.45) is 5.73 Å². The molecule has 0 radical (unpaired) electrons. The normalized spacial score (nSPS) is 10.2. The van der Waals surface area contributed by atoms with Gasteiger partial charge in [-0.25, -0.2) is 0 Å². The highest BCUT2D eigenvalue weighted by Gasteiger charge is 2.16. The fraction of sp³-hybridized carbons (Fsp3) is 0.176. The van der Waals surface area contributed by atoms with Gasteiger partial charge >= 0.3 is 0 Å². The van der Waals surface area contributed by atoms with Crippen molar-refractivity contribution in [3.8, 4) is 0 Å². The van der Waals surface area contributed by atoms with E-state index in [1.165, 1.54) is 23.1 Å². The average molecular weight is 327 g/mol. The third-order valence-electron chi connectivity index (χ3n) is 3.65. The Hall–Kier alpha value is -3.22. The third kappa shape index (κ3) is 3.75. The number of nitro benzene ring substituents is 1. The molecule has 0 saturated heterocycles. The maximum Gasteiger partial charge on any atom is 0.272 e. The molecular formula is C17H17N3O4. The Bertz CT molecular complexity index is 800. The summed E-state index contributed by atoms with van der Waals surface area (Å²) in [5.41, 5.74) is 7.23. The SMILES string of the molecule is Cc1cc(C(=O)N(C)Cc2ccc(C(N)=O)cc2)ccc1[N+](=O)[O-]. The van der Waals surface area contributed by atoms with Gasteiger partial charge < -0.3 is 10.6 Å². The van der Waals surface area contributed by atoms with Crippen LogP contribution in [-0.2, 0) is 6.54 Å². The van der Waals surface area contributed by atoms with Gasteiger partial charge in [0.2, 0.25) is 5.91 Å². The predicted molar refractivity (Wildman–Crippen MR) is 88.6 cm³/mol. The molecule has 0 unspecified atom stereocenters. The highest BCUT2D eigenvalue weighted by Crippen LogP contribution is 2.20. The Balaban J connectivity index is 2.13. The van der Waals surface area contributed by atoms with Gasteiger partial charge in [-0.05, 0) is 36.8 Å². The van der Waals surface area contributed by atoms with Crippen molar-refractivity contribution in [3.63, 3.8) is 0 Å². The fourth-order valence-corrected chi connectivity index (χ4v) is 2.33. The predicted octanol–water partition coefficient (Wildman–Crippen LogP) is 2.27. The van der Waals surface area contributed by atoms with E-state index in [0.29, 0.717) is 23.2 Å². The number of primary amides is 1. The van der Waals surface area contributed by atoms with Crippen LogP contribution in [-0.4, -0.2) is 28.7 Å². The maximum atomic E-state index is 12.4.